The zero-order valence-corrected chi connectivity index (χ0v) is 11.8. The third-order valence-electron chi connectivity index (χ3n) is 3.12. The second-order valence-electron chi connectivity index (χ2n) is 4.49. The zero-order valence-electron chi connectivity index (χ0n) is 10.2. The van der Waals surface area contributed by atoms with Gasteiger partial charge >= 0.3 is 0 Å². The highest BCUT2D eigenvalue weighted by Gasteiger charge is 2.10. The molecule has 96 valence electrons. The fraction of sp³-hybridized carbons (Fsp3) is 0.357. The van der Waals surface area contributed by atoms with Crippen molar-refractivity contribution in [2.75, 3.05) is 12.3 Å². The number of hydrogen-bond donors (Lipinski definition) is 2. The van der Waals surface area contributed by atoms with Crippen molar-refractivity contribution in [1.82, 2.24) is 5.32 Å². The molecule has 3 nitrogen and oxygen atoms in total. The van der Waals surface area contributed by atoms with Gasteiger partial charge in [-0.2, -0.15) is 0 Å². The van der Waals surface area contributed by atoms with Gasteiger partial charge in [0.15, 0.2) is 0 Å². The van der Waals surface area contributed by atoms with Crippen LogP contribution in [0.1, 0.15) is 36.0 Å². The average molecular weight is 309 g/mol. The molecule has 4 heteroatoms. The van der Waals surface area contributed by atoms with Gasteiger partial charge in [0.1, 0.15) is 0 Å². The minimum atomic E-state index is -0.0985. The molecule has 0 aliphatic heterocycles. The number of amides is 1. The van der Waals surface area contributed by atoms with E-state index in [9.17, 15) is 4.79 Å². The SMILES string of the molecule is Nc1cc(Br)ccc1C(=O)NCCC1=CCCC1. The van der Waals surface area contributed by atoms with E-state index in [1.807, 2.05) is 6.07 Å². The molecule has 0 aromatic heterocycles. The number of carbonyl (C=O) groups is 1. The molecule has 1 amide bonds. The molecule has 0 atom stereocenters. The van der Waals surface area contributed by atoms with Crippen LogP contribution in [0.2, 0.25) is 0 Å². The molecule has 0 bridgehead atoms. The Morgan fingerprint density at radius 2 is 2.28 bits per heavy atom. The van der Waals surface area contributed by atoms with Crippen molar-refractivity contribution >= 4 is 27.5 Å². The number of nitrogen functional groups attached to an aromatic ring is 1. The lowest BCUT2D eigenvalue weighted by atomic mass is 10.1. The monoisotopic (exact) mass is 308 g/mol. The number of benzene rings is 1. The van der Waals surface area contributed by atoms with E-state index in [2.05, 4.69) is 27.3 Å². The van der Waals surface area contributed by atoms with Crippen LogP contribution in [0, 0.1) is 0 Å². The van der Waals surface area contributed by atoms with Gasteiger partial charge in [-0.1, -0.05) is 27.6 Å². The number of anilines is 1. The number of carbonyl (C=O) groups excluding carboxylic acids is 1. The van der Waals surface area contributed by atoms with E-state index < -0.39 is 0 Å². The van der Waals surface area contributed by atoms with Crippen LogP contribution in [0.25, 0.3) is 0 Å². The number of nitrogens with two attached hydrogens (primary N) is 1. The van der Waals surface area contributed by atoms with E-state index >= 15 is 0 Å². The van der Waals surface area contributed by atoms with Gasteiger partial charge in [0.05, 0.1) is 5.56 Å². The summed E-state index contributed by atoms with van der Waals surface area (Å²) < 4.78 is 0.882. The van der Waals surface area contributed by atoms with E-state index in [-0.39, 0.29) is 5.91 Å². The predicted molar refractivity (Wildman–Crippen MR) is 77.4 cm³/mol. The van der Waals surface area contributed by atoms with Gasteiger partial charge in [-0.25, -0.2) is 0 Å². The minimum Gasteiger partial charge on any atom is -0.398 e. The van der Waals surface area contributed by atoms with Crippen LogP contribution in [0.3, 0.4) is 0 Å². The summed E-state index contributed by atoms with van der Waals surface area (Å²) in [6.45, 7) is 0.681. The van der Waals surface area contributed by atoms with Gasteiger partial charge in [0.2, 0.25) is 0 Å². The maximum atomic E-state index is 11.9. The van der Waals surface area contributed by atoms with Gasteiger partial charge in [-0.15, -0.1) is 0 Å². The largest absolute Gasteiger partial charge is 0.398 e. The summed E-state index contributed by atoms with van der Waals surface area (Å²) in [5.74, 6) is -0.0985. The van der Waals surface area contributed by atoms with Crippen LogP contribution < -0.4 is 11.1 Å². The molecule has 1 aliphatic carbocycles. The Bertz CT molecular complexity index is 483. The lowest BCUT2D eigenvalue weighted by Crippen LogP contribution is -2.25. The zero-order chi connectivity index (χ0) is 13.0. The first-order chi connectivity index (χ1) is 8.66. The van der Waals surface area contributed by atoms with Crippen LogP contribution >= 0.6 is 15.9 Å². The van der Waals surface area contributed by atoms with E-state index in [0.717, 1.165) is 10.9 Å². The number of halogens is 1. The van der Waals surface area contributed by atoms with Crippen molar-refractivity contribution in [3.63, 3.8) is 0 Å². The quantitative estimate of drug-likeness (QED) is 0.662. The molecule has 1 aromatic rings. The maximum absolute atomic E-state index is 11.9. The molecule has 0 fully saturated rings. The van der Waals surface area contributed by atoms with E-state index in [1.54, 1.807) is 12.1 Å². The Morgan fingerprint density at radius 1 is 1.44 bits per heavy atom. The maximum Gasteiger partial charge on any atom is 0.253 e. The first-order valence-corrected chi connectivity index (χ1v) is 6.97. The molecule has 0 heterocycles. The number of nitrogens with one attached hydrogen (secondary N) is 1. The summed E-state index contributed by atoms with van der Waals surface area (Å²) in [4.78, 5) is 11.9. The normalized spacial score (nSPS) is 14.4. The summed E-state index contributed by atoms with van der Waals surface area (Å²) in [7, 11) is 0. The van der Waals surface area contributed by atoms with Gasteiger partial charge < -0.3 is 11.1 Å². The smallest absolute Gasteiger partial charge is 0.253 e. The predicted octanol–water partition coefficient (Wildman–Crippen LogP) is 3.26. The minimum absolute atomic E-state index is 0.0985. The van der Waals surface area contributed by atoms with Gasteiger partial charge in [0, 0.05) is 16.7 Å². The third-order valence-corrected chi connectivity index (χ3v) is 3.62. The van der Waals surface area contributed by atoms with Gasteiger partial charge in [0.25, 0.3) is 5.91 Å². The summed E-state index contributed by atoms with van der Waals surface area (Å²) >= 11 is 3.32. The Balaban J connectivity index is 1.87. The second-order valence-corrected chi connectivity index (χ2v) is 5.41. The third kappa shape index (κ3) is 3.35. The summed E-state index contributed by atoms with van der Waals surface area (Å²) in [6, 6.07) is 5.31. The lowest BCUT2D eigenvalue weighted by molar-refractivity contribution is 0.0955. The highest BCUT2D eigenvalue weighted by atomic mass is 79.9. The van der Waals surface area contributed by atoms with Crippen LogP contribution in [-0.4, -0.2) is 12.5 Å². The van der Waals surface area contributed by atoms with Crippen molar-refractivity contribution in [2.24, 2.45) is 0 Å². The molecular weight excluding hydrogens is 292 g/mol. The molecule has 0 unspecified atom stereocenters. The highest BCUT2D eigenvalue weighted by molar-refractivity contribution is 9.10. The molecule has 1 aliphatic rings. The van der Waals surface area contributed by atoms with E-state index in [1.165, 1.54) is 24.8 Å². The van der Waals surface area contributed by atoms with Crippen LogP contribution in [-0.2, 0) is 0 Å². The second kappa shape index (κ2) is 6.05. The molecule has 2 rings (SSSR count). The Kier molecular flexibility index (Phi) is 4.42. The summed E-state index contributed by atoms with van der Waals surface area (Å²) in [5, 5.41) is 2.91. The molecule has 0 saturated carbocycles. The molecule has 0 saturated heterocycles. The van der Waals surface area contributed by atoms with Crippen molar-refractivity contribution in [2.45, 2.75) is 25.7 Å². The van der Waals surface area contributed by atoms with E-state index in [4.69, 9.17) is 5.73 Å². The molecule has 3 N–H and O–H groups in total. The average Bonchev–Trinajstić information content (AvgIpc) is 2.81. The first kappa shape index (κ1) is 13.1. The van der Waals surface area contributed by atoms with Crippen molar-refractivity contribution in [3.05, 3.63) is 39.9 Å². The Hall–Kier alpha value is -1.29. The van der Waals surface area contributed by atoms with Gasteiger partial charge in [-0.3, -0.25) is 4.79 Å². The van der Waals surface area contributed by atoms with Crippen LogP contribution in [0.15, 0.2) is 34.3 Å². The molecule has 0 radical (unpaired) electrons. The fourth-order valence-corrected chi connectivity index (χ4v) is 2.52. The van der Waals surface area contributed by atoms with Crippen LogP contribution in [0.4, 0.5) is 5.69 Å². The molecule has 1 aromatic carbocycles. The molecule has 18 heavy (non-hydrogen) atoms. The molecule has 0 spiro atoms. The summed E-state index contributed by atoms with van der Waals surface area (Å²) in [5.41, 5.74) is 8.31. The van der Waals surface area contributed by atoms with Crippen LogP contribution in [0.5, 0.6) is 0 Å². The highest BCUT2D eigenvalue weighted by Crippen LogP contribution is 2.20. The Morgan fingerprint density at radius 3 is 2.94 bits per heavy atom. The fourth-order valence-electron chi connectivity index (χ4n) is 2.14. The number of hydrogen-bond acceptors (Lipinski definition) is 2. The molecular formula is C14H17BrN2O. The Labute approximate surface area is 116 Å². The van der Waals surface area contributed by atoms with Crippen molar-refractivity contribution < 1.29 is 4.79 Å². The van der Waals surface area contributed by atoms with Crippen molar-refractivity contribution in [3.8, 4) is 0 Å². The number of allylic oxidation sites excluding steroid dienone is 1. The van der Waals surface area contributed by atoms with Gasteiger partial charge in [-0.05, 0) is 43.9 Å². The van der Waals surface area contributed by atoms with Crippen molar-refractivity contribution in [1.29, 1.82) is 0 Å². The topological polar surface area (TPSA) is 55.1 Å². The first-order valence-electron chi connectivity index (χ1n) is 6.18. The number of rotatable bonds is 4. The lowest BCUT2D eigenvalue weighted by Gasteiger charge is -2.08. The standard InChI is InChI=1S/C14H17BrN2O/c15-11-5-6-12(13(16)9-11)14(18)17-8-7-10-3-1-2-4-10/h3,5-6,9H,1-2,4,7-8,16H2,(H,17,18). The van der Waals surface area contributed by atoms with E-state index in [0.29, 0.717) is 17.8 Å². The summed E-state index contributed by atoms with van der Waals surface area (Å²) in [6.07, 6.45) is 6.84.